The molecule has 39 heavy (non-hydrogen) atoms. The van der Waals surface area contributed by atoms with E-state index in [2.05, 4.69) is 76.2 Å². The highest BCUT2D eigenvalue weighted by Crippen LogP contribution is 2.38. The lowest BCUT2D eigenvalue weighted by molar-refractivity contribution is 0.00578. The van der Waals surface area contributed by atoms with Gasteiger partial charge in [0.05, 0.1) is 31.0 Å². The number of benzene rings is 4. The highest BCUT2D eigenvalue weighted by atomic mass is 16.7. The zero-order valence-electron chi connectivity index (χ0n) is 23.3. The molecule has 1 aliphatic rings. The number of hydrogen-bond acceptors (Lipinski definition) is 5. The van der Waals surface area contributed by atoms with Crippen molar-refractivity contribution in [3.8, 4) is 11.5 Å². The zero-order valence-corrected chi connectivity index (χ0v) is 23.3. The summed E-state index contributed by atoms with van der Waals surface area (Å²) in [6.07, 6.45) is 0.817. The molecule has 1 saturated heterocycles. The molecule has 0 atom stereocenters. The molecule has 0 saturated carbocycles. The predicted octanol–water partition coefficient (Wildman–Crippen LogP) is 6.70. The van der Waals surface area contributed by atoms with Crippen LogP contribution in [0.15, 0.2) is 91.0 Å². The van der Waals surface area contributed by atoms with Gasteiger partial charge in [0, 0.05) is 11.9 Å². The van der Waals surface area contributed by atoms with E-state index < -0.39 is 18.3 Å². The Labute approximate surface area is 232 Å². The van der Waals surface area contributed by atoms with Gasteiger partial charge in [-0.3, -0.25) is 0 Å². The fourth-order valence-corrected chi connectivity index (χ4v) is 4.49. The molecule has 0 spiro atoms. The van der Waals surface area contributed by atoms with E-state index in [1.165, 1.54) is 5.56 Å². The minimum Gasteiger partial charge on any atom is -0.493 e. The van der Waals surface area contributed by atoms with E-state index in [0.717, 1.165) is 39.7 Å². The molecule has 5 rings (SSSR count). The SMILES string of the molecule is CC1(C)OB(c2cc3ccc(OCCCOCc4ccccc4)cc3cc2OCc2ccccc2)OC1(C)C. The van der Waals surface area contributed by atoms with E-state index >= 15 is 0 Å². The third-order valence-electron chi connectivity index (χ3n) is 7.50. The Kier molecular flexibility index (Phi) is 8.27. The summed E-state index contributed by atoms with van der Waals surface area (Å²) in [5.41, 5.74) is 2.29. The first kappa shape index (κ1) is 27.3. The van der Waals surface area contributed by atoms with Crippen LogP contribution in [0.4, 0.5) is 0 Å². The first-order valence-corrected chi connectivity index (χ1v) is 13.7. The molecule has 0 N–H and O–H groups in total. The van der Waals surface area contributed by atoms with E-state index in [9.17, 15) is 0 Å². The Morgan fingerprint density at radius 2 is 1.28 bits per heavy atom. The van der Waals surface area contributed by atoms with Crippen LogP contribution in [0.2, 0.25) is 0 Å². The number of hydrogen-bond donors (Lipinski definition) is 0. The minimum atomic E-state index is -0.517. The third kappa shape index (κ3) is 6.64. The van der Waals surface area contributed by atoms with E-state index in [1.54, 1.807) is 0 Å². The summed E-state index contributed by atoms with van der Waals surface area (Å²) in [5.74, 6) is 1.57. The van der Waals surface area contributed by atoms with Gasteiger partial charge >= 0.3 is 7.12 Å². The number of ether oxygens (including phenoxy) is 3. The molecule has 6 heteroatoms. The van der Waals surface area contributed by atoms with Crippen molar-refractivity contribution >= 4 is 23.4 Å². The van der Waals surface area contributed by atoms with E-state index in [1.807, 2.05) is 42.5 Å². The molecule has 0 amide bonds. The van der Waals surface area contributed by atoms with Crippen molar-refractivity contribution in [1.82, 2.24) is 0 Å². The van der Waals surface area contributed by atoms with Crippen molar-refractivity contribution in [3.63, 3.8) is 0 Å². The van der Waals surface area contributed by atoms with Crippen LogP contribution in [0.25, 0.3) is 10.8 Å². The van der Waals surface area contributed by atoms with E-state index in [4.69, 9.17) is 23.5 Å². The van der Waals surface area contributed by atoms with Gasteiger partial charge in [0.2, 0.25) is 0 Å². The van der Waals surface area contributed by atoms with Crippen LogP contribution >= 0.6 is 0 Å². The van der Waals surface area contributed by atoms with Crippen molar-refractivity contribution in [2.24, 2.45) is 0 Å². The summed E-state index contributed by atoms with van der Waals surface area (Å²) in [5, 5.41) is 2.11. The summed E-state index contributed by atoms with van der Waals surface area (Å²) in [6.45, 7) is 10.6. The maximum atomic E-state index is 6.39. The third-order valence-corrected chi connectivity index (χ3v) is 7.50. The fourth-order valence-electron chi connectivity index (χ4n) is 4.49. The molecule has 0 bridgehead atoms. The van der Waals surface area contributed by atoms with Gasteiger partial charge in [-0.1, -0.05) is 72.8 Å². The molecule has 4 aromatic carbocycles. The lowest BCUT2D eigenvalue weighted by Crippen LogP contribution is -2.41. The van der Waals surface area contributed by atoms with Crippen molar-refractivity contribution in [2.75, 3.05) is 13.2 Å². The Balaban J connectivity index is 1.29. The zero-order chi connectivity index (χ0) is 27.3. The van der Waals surface area contributed by atoms with Crippen LogP contribution in [0, 0.1) is 0 Å². The van der Waals surface area contributed by atoms with Gasteiger partial charge in [-0.25, -0.2) is 0 Å². The van der Waals surface area contributed by atoms with Gasteiger partial charge in [0.15, 0.2) is 0 Å². The molecular formula is C33H37BO5. The molecule has 5 nitrogen and oxygen atoms in total. The molecule has 1 fully saturated rings. The van der Waals surface area contributed by atoms with Crippen molar-refractivity contribution < 1.29 is 23.5 Å². The second kappa shape index (κ2) is 11.8. The van der Waals surface area contributed by atoms with Gasteiger partial charge in [0.1, 0.15) is 18.1 Å². The topological polar surface area (TPSA) is 46.2 Å². The first-order valence-electron chi connectivity index (χ1n) is 13.7. The predicted molar refractivity (Wildman–Crippen MR) is 157 cm³/mol. The lowest BCUT2D eigenvalue weighted by Gasteiger charge is -2.32. The van der Waals surface area contributed by atoms with Crippen molar-refractivity contribution in [1.29, 1.82) is 0 Å². The molecule has 0 unspecified atom stereocenters. The maximum absolute atomic E-state index is 6.39. The Bertz CT molecular complexity index is 1360. The highest BCUT2D eigenvalue weighted by Gasteiger charge is 2.52. The molecular weight excluding hydrogens is 487 g/mol. The normalized spacial score (nSPS) is 15.9. The monoisotopic (exact) mass is 524 g/mol. The molecule has 0 radical (unpaired) electrons. The Morgan fingerprint density at radius 1 is 0.641 bits per heavy atom. The van der Waals surface area contributed by atoms with Gasteiger partial charge in [0.25, 0.3) is 0 Å². The van der Waals surface area contributed by atoms with Crippen molar-refractivity contribution in [2.45, 2.75) is 58.5 Å². The fraction of sp³-hybridized carbons (Fsp3) is 0.333. The van der Waals surface area contributed by atoms with Crippen LogP contribution in [-0.2, 0) is 27.3 Å². The van der Waals surface area contributed by atoms with Gasteiger partial charge in [-0.15, -0.1) is 0 Å². The van der Waals surface area contributed by atoms with Gasteiger partial charge in [-0.2, -0.15) is 0 Å². The van der Waals surface area contributed by atoms with Gasteiger partial charge in [-0.05, 0) is 67.8 Å². The standard InChI is InChI=1S/C33H37BO5/c1-32(2)33(3,4)39-34(38-32)30-21-27-16-17-29(36-19-11-18-35-23-25-12-7-5-8-13-25)20-28(27)22-31(30)37-24-26-14-9-6-10-15-26/h5-10,12-17,20-22H,11,18-19,23-24H2,1-4H3. The van der Waals surface area contributed by atoms with E-state index in [-0.39, 0.29) is 0 Å². The maximum Gasteiger partial charge on any atom is 0.498 e. The first-order chi connectivity index (χ1) is 18.8. The smallest absolute Gasteiger partial charge is 0.493 e. The van der Waals surface area contributed by atoms with Crippen LogP contribution in [0.5, 0.6) is 11.5 Å². The van der Waals surface area contributed by atoms with Crippen LogP contribution in [-0.4, -0.2) is 31.5 Å². The summed E-state index contributed by atoms with van der Waals surface area (Å²) in [4.78, 5) is 0. The molecule has 1 aliphatic heterocycles. The van der Waals surface area contributed by atoms with Crippen LogP contribution < -0.4 is 14.9 Å². The van der Waals surface area contributed by atoms with Crippen molar-refractivity contribution in [3.05, 3.63) is 102 Å². The summed E-state index contributed by atoms with van der Waals surface area (Å²) >= 11 is 0. The Morgan fingerprint density at radius 3 is 1.95 bits per heavy atom. The van der Waals surface area contributed by atoms with E-state index in [0.29, 0.717) is 26.4 Å². The summed E-state index contributed by atoms with van der Waals surface area (Å²) in [7, 11) is -0.517. The summed E-state index contributed by atoms with van der Waals surface area (Å²) in [6, 6.07) is 30.7. The highest BCUT2D eigenvalue weighted by molar-refractivity contribution is 6.63. The minimum absolute atomic E-state index is 0.439. The second-order valence-corrected chi connectivity index (χ2v) is 11.0. The largest absolute Gasteiger partial charge is 0.498 e. The molecule has 1 heterocycles. The van der Waals surface area contributed by atoms with Crippen LogP contribution in [0.3, 0.4) is 0 Å². The molecule has 0 aromatic heterocycles. The molecule has 0 aliphatic carbocycles. The van der Waals surface area contributed by atoms with Crippen LogP contribution in [0.1, 0.15) is 45.2 Å². The average molecular weight is 524 g/mol. The quantitative estimate of drug-likeness (QED) is 0.161. The Hall–Kier alpha value is -3.32. The lowest BCUT2D eigenvalue weighted by atomic mass is 9.77. The number of fused-ring (bicyclic) bond motifs is 1. The second-order valence-electron chi connectivity index (χ2n) is 11.0. The average Bonchev–Trinajstić information content (AvgIpc) is 3.16. The molecule has 202 valence electrons. The van der Waals surface area contributed by atoms with Gasteiger partial charge < -0.3 is 23.5 Å². The summed E-state index contributed by atoms with van der Waals surface area (Å²) < 4.78 is 31.0. The molecule has 4 aromatic rings. The number of rotatable bonds is 11.